The van der Waals surface area contributed by atoms with E-state index in [1.165, 1.54) is 24.5 Å². The van der Waals surface area contributed by atoms with Crippen molar-refractivity contribution in [2.45, 2.75) is 12.7 Å². The molecule has 138 valence electrons. The number of allylic oxidation sites excluding steroid dienone is 1. The maximum absolute atomic E-state index is 13.2. The van der Waals surface area contributed by atoms with E-state index in [1.54, 1.807) is 35.0 Å². The van der Waals surface area contributed by atoms with Crippen molar-refractivity contribution >= 4 is 27.6 Å². The van der Waals surface area contributed by atoms with Crippen LogP contribution in [0.25, 0.3) is 5.70 Å². The van der Waals surface area contributed by atoms with Gasteiger partial charge in [-0.1, -0.05) is 15.9 Å². The van der Waals surface area contributed by atoms with Crippen LogP contribution in [0.2, 0.25) is 0 Å². The van der Waals surface area contributed by atoms with Gasteiger partial charge in [0.2, 0.25) is 5.95 Å². The van der Waals surface area contributed by atoms with Crippen molar-refractivity contribution in [3.05, 3.63) is 76.3 Å². The lowest BCUT2D eigenvalue weighted by atomic mass is 10.0. The Morgan fingerprint density at radius 1 is 1.15 bits per heavy atom. The molecule has 0 aliphatic carbocycles. The van der Waals surface area contributed by atoms with Crippen LogP contribution in [0.3, 0.4) is 0 Å². The fourth-order valence-corrected chi connectivity index (χ4v) is 3.29. The molecule has 3 aromatic rings. The summed E-state index contributed by atoms with van der Waals surface area (Å²) in [5.41, 5.74) is 1.86. The predicted octanol–water partition coefficient (Wildman–Crippen LogP) is 4.84. The molecule has 0 saturated carbocycles. The average Bonchev–Trinajstić information content (AvgIpc) is 3.11. The number of nitrogens with one attached hydrogen (secondary N) is 1. The summed E-state index contributed by atoms with van der Waals surface area (Å²) in [6.07, 6.45) is 3.16. The van der Waals surface area contributed by atoms with Crippen LogP contribution in [0.15, 0.2) is 59.3 Å². The van der Waals surface area contributed by atoms with Gasteiger partial charge >= 0.3 is 6.61 Å². The lowest BCUT2D eigenvalue weighted by molar-refractivity contribution is -0.0506. The minimum atomic E-state index is -2.96. The summed E-state index contributed by atoms with van der Waals surface area (Å²) in [7, 11) is 0. The Hall–Kier alpha value is -2.81. The lowest BCUT2D eigenvalue weighted by Crippen LogP contribution is -2.21. The maximum Gasteiger partial charge on any atom is 0.387 e. The van der Waals surface area contributed by atoms with Crippen molar-refractivity contribution in [2.24, 2.45) is 0 Å². The zero-order valence-electron chi connectivity index (χ0n) is 13.6. The van der Waals surface area contributed by atoms with Crippen LogP contribution >= 0.6 is 15.9 Å². The average molecular weight is 437 g/mol. The largest absolute Gasteiger partial charge is 0.434 e. The number of rotatable bonds is 4. The first-order chi connectivity index (χ1) is 13.0. The number of hydrogen-bond acceptors (Lipinski definition) is 4. The van der Waals surface area contributed by atoms with E-state index >= 15 is 0 Å². The summed E-state index contributed by atoms with van der Waals surface area (Å²) < 4.78 is 45.9. The first-order valence-corrected chi connectivity index (χ1v) is 8.69. The summed E-state index contributed by atoms with van der Waals surface area (Å²) in [4.78, 5) is 4.16. The van der Waals surface area contributed by atoms with Gasteiger partial charge in [0.05, 0.1) is 0 Å². The van der Waals surface area contributed by atoms with E-state index in [1.807, 2.05) is 0 Å². The van der Waals surface area contributed by atoms with E-state index in [-0.39, 0.29) is 11.6 Å². The molecule has 0 unspecified atom stereocenters. The lowest BCUT2D eigenvalue weighted by Gasteiger charge is -2.26. The van der Waals surface area contributed by atoms with E-state index in [2.05, 4.69) is 36.1 Å². The highest BCUT2D eigenvalue weighted by molar-refractivity contribution is 9.10. The molecule has 1 aromatic heterocycles. The van der Waals surface area contributed by atoms with Crippen molar-refractivity contribution in [2.75, 3.05) is 5.32 Å². The molecule has 0 saturated heterocycles. The van der Waals surface area contributed by atoms with E-state index in [0.717, 1.165) is 5.56 Å². The molecular weight excluding hydrogens is 425 g/mol. The zero-order chi connectivity index (χ0) is 19.0. The predicted molar refractivity (Wildman–Crippen MR) is 96.9 cm³/mol. The van der Waals surface area contributed by atoms with Gasteiger partial charge in [0, 0.05) is 15.7 Å². The molecule has 2 heterocycles. The molecule has 0 amide bonds. The minimum Gasteiger partial charge on any atom is -0.434 e. The molecule has 27 heavy (non-hydrogen) atoms. The van der Waals surface area contributed by atoms with Gasteiger partial charge in [-0.2, -0.15) is 18.9 Å². The van der Waals surface area contributed by atoms with Crippen LogP contribution in [0.4, 0.5) is 19.1 Å². The highest BCUT2D eigenvalue weighted by Gasteiger charge is 2.27. The van der Waals surface area contributed by atoms with Crippen molar-refractivity contribution in [1.29, 1.82) is 0 Å². The zero-order valence-corrected chi connectivity index (χ0v) is 15.2. The Labute approximate surface area is 160 Å². The number of benzene rings is 2. The molecule has 0 fully saturated rings. The Bertz CT molecular complexity index is 1000. The number of ether oxygens (including phenoxy) is 1. The van der Waals surface area contributed by atoms with Crippen molar-refractivity contribution in [3.8, 4) is 5.75 Å². The Morgan fingerprint density at radius 2 is 1.93 bits per heavy atom. The molecule has 2 aromatic carbocycles. The van der Waals surface area contributed by atoms with Gasteiger partial charge in [0.1, 0.15) is 23.9 Å². The summed E-state index contributed by atoms with van der Waals surface area (Å²) in [5, 5.41) is 7.30. The Kier molecular flexibility index (Phi) is 4.61. The second kappa shape index (κ2) is 7.07. The third kappa shape index (κ3) is 3.55. The molecule has 5 nitrogen and oxygen atoms in total. The highest BCUT2D eigenvalue weighted by Crippen LogP contribution is 2.37. The van der Waals surface area contributed by atoms with E-state index in [4.69, 9.17) is 0 Å². The summed E-state index contributed by atoms with van der Waals surface area (Å²) >= 11 is 3.36. The number of halogens is 4. The number of aromatic nitrogens is 3. The number of nitrogens with zero attached hydrogens (tertiary/aromatic N) is 3. The van der Waals surface area contributed by atoms with Gasteiger partial charge < -0.3 is 10.1 Å². The Balaban J connectivity index is 1.83. The van der Waals surface area contributed by atoms with E-state index < -0.39 is 12.7 Å². The molecule has 1 aliphatic rings. The number of anilines is 1. The van der Waals surface area contributed by atoms with Crippen LogP contribution < -0.4 is 10.1 Å². The first kappa shape index (κ1) is 17.6. The molecule has 1 aliphatic heterocycles. The van der Waals surface area contributed by atoms with Crippen LogP contribution in [-0.2, 0) is 0 Å². The minimum absolute atomic E-state index is 0.0382. The van der Waals surface area contributed by atoms with Gasteiger partial charge in [0.15, 0.2) is 0 Å². The van der Waals surface area contributed by atoms with Crippen LogP contribution in [-0.4, -0.2) is 21.4 Å². The highest BCUT2D eigenvalue weighted by atomic mass is 79.9. The van der Waals surface area contributed by atoms with Crippen molar-refractivity contribution in [3.63, 3.8) is 0 Å². The van der Waals surface area contributed by atoms with E-state index in [0.29, 0.717) is 21.7 Å². The summed E-state index contributed by atoms with van der Waals surface area (Å²) in [6, 6.07) is 10.2. The normalized spacial score (nSPS) is 15.9. The third-order valence-electron chi connectivity index (χ3n) is 4.07. The van der Waals surface area contributed by atoms with Gasteiger partial charge in [-0.3, -0.25) is 0 Å². The molecule has 0 spiro atoms. The van der Waals surface area contributed by atoms with E-state index in [9.17, 15) is 13.2 Å². The molecule has 1 atom stereocenters. The molecule has 9 heteroatoms. The fraction of sp³-hybridized carbons (Fsp3) is 0.111. The van der Waals surface area contributed by atoms with Crippen molar-refractivity contribution < 1.29 is 17.9 Å². The quantitative estimate of drug-likeness (QED) is 0.635. The van der Waals surface area contributed by atoms with Gasteiger partial charge in [-0.25, -0.2) is 9.07 Å². The topological polar surface area (TPSA) is 52.0 Å². The summed E-state index contributed by atoms with van der Waals surface area (Å²) in [5.74, 6) is 0.121. The van der Waals surface area contributed by atoms with Crippen LogP contribution in [0, 0.1) is 5.82 Å². The van der Waals surface area contributed by atoms with Crippen LogP contribution in [0.5, 0.6) is 5.75 Å². The standard InChI is InChI=1S/C18H12BrF3N4O/c19-11-3-6-16(27-17(21)22)13(7-11)15-8-14(10-1-4-12(20)5-2-10)25-18-23-9-24-26(15)18/h1-9,15,17H,(H,23,24,25)/t15-/m1/s1. The first-order valence-electron chi connectivity index (χ1n) is 7.90. The number of hydrogen-bond donors (Lipinski definition) is 1. The molecular formula is C18H12BrF3N4O. The van der Waals surface area contributed by atoms with Crippen molar-refractivity contribution in [1.82, 2.24) is 14.8 Å². The van der Waals surface area contributed by atoms with Gasteiger partial charge in [0.25, 0.3) is 0 Å². The smallest absolute Gasteiger partial charge is 0.387 e. The fourth-order valence-electron chi connectivity index (χ4n) is 2.91. The summed E-state index contributed by atoms with van der Waals surface area (Å²) in [6.45, 7) is -2.96. The Morgan fingerprint density at radius 3 is 2.67 bits per heavy atom. The van der Waals surface area contributed by atoms with Gasteiger partial charge in [-0.05, 0) is 54.1 Å². The van der Waals surface area contributed by atoms with Gasteiger partial charge in [-0.15, -0.1) is 0 Å². The SMILES string of the molecule is Fc1ccc(C2=C[C@H](c3cc(Br)ccc3OC(F)F)n3ncnc3N2)cc1. The maximum atomic E-state index is 13.2. The number of fused-ring (bicyclic) bond motifs is 1. The third-order valence-corrected chi connectivity index (χ3v) is 4.56. The second-order valence-corrected chi connectivity index (χ2v) is 6.66. The number of alkyl halides is 2. The molecule has 4 rings (SSSR count). The molecule has 0 bridgehead atoms. The molecule has 1 N–H and O–H groups in total. The monoisotopic (exact) mass is 436 g/mol. The molecule has 0 radical (unpaired) electrons. The van der Waals surface area contributed by atoms with Crippen LogP contribution in [0.1, 0.15) is 17.2 Å². The second-order valence-electron chi connectivity index (χ2n) is 5.75.